The number of aliphatic imine (C=N–C) groups is 1. The number of hydrogen-bond acceptors (Lipinski definition) is 5. The molecule has 0 unspecified atom stereocenters. The van der Waals surface area contributed by atoms with E-state index in [1.165, 1.54) is 7.11 Å². The van der Waals surface area contributed by atoms with E-state index in [-0.39, 0.29) is 35.5 Å². The summed E-state index contributed by atoms with van der Waals surface area (Å²) in [6.07, 6.45) is 2.48. The molecule has 30 heavy (non-hydrogen) atoms. The molecule has 3 rings (SSSR count). The van der Waals surface area contributed by atoms with Gasteiger partial charge in [0.2, 0.25) is 0 Å². The lowest BCUT2D eigenvalue weighted by atomic mass is 10.1. The zero-order valence-electron chi connectivity index (χ0n) is 16.5. The summed E-state index contributed by atoms with van der Waals surface area (Å²) in [7, 11) is 3.07. The van der Waals surface area contributed by atoms with Gasteiger partial charge in [-0.05, 0) is 36.2 Å². The van der Waals surface area contributed by atoms with Crippen LogP contribution in [0.3, 0.4) is 0 Å². The highest BCUT2D eigenvalue weighted by atomic mass is 127. The van der Waals surface area contributed by atoms with Crippen molar-refractivity contribution < 1.29 is 18.3 Å². The summed E-state index contributed by atoms with van der Waals surface area (Å²) < 4.78 is 36.5. The van der Waals surface area contributed by atoms with Crippen molar-refractivity contribution in [3.63, 3.8) is 0 Å². The third kappa shape index (κ3) is 6.15. The molecule has 0 saturated carbocycles. The second-order valence-electron chi connectivity index (χ2n) is 6.01. The standard InChI is InChI=1S/C19H22F2N6O2.HI/c1-22-19(24-12-17-26-25-16-5-3-4-10-27(16)17)23-9-8-13-6-7-14(28-2)15(11-13)29-18(20)21;/h3-7,10-11,18H,8-9,12H2,1-2H3,(H2,22,23,24);1H. The largest absolute Gasteiger partial charge is 0.493 e. The molecule has 0 aliphatic carbocycles. The molecule has 2 N–H and O–H groups in total. The van der Waals surface area contributed by atoms with Gasteiger partial charge in [0.15, 0.2) is 28.9 Å². The molecule has 0 bridgehead atoms. The number of rotatable bonds is 8. The third-order valence-electron chi connectivity index (χ3n) is 4.17. The summed E-state index contributed by atoms with van der Waals surface area (Å²) in [5.41, 5.74) is 1.60. The monoisotopic (exact) mass is 532 g/mol. The molecule has 0 amide bonds. The molecule has 2 heterocycles. The van der Waals surface area contributed by atoms with Gasteiger partial charge in [0.05, 0.1) is 13.7 Å². The van der Waals surface area contributed by atoms with Crippen LogP contribution in [0.4, 0.5) is 8.78 Å². The first-order chi connectivity index (χ1) is 14.1. The van der Waals surface area contributed by atoms with Gasteiger partial charge in [-0.3, -0.25) is 9.39 Å². The van der Waals surface area contributed by atoms with Crippen molar-refractivity contribution in [2.45, 2.75) is 19.6 Å². The Hall–Kier alpha value is -2.70. The number of nitrogens with one attached hydrogen (secondary N) is 2. The lowest BCUT2D eigenvalue weighted by Gasteiger charge is -2.13. The molecule has 8 nitrogen and oxygen atoms in total. The number of hydrogen-bond donors (Lipinski definition) is 2. The predicted molar refractivity (Wildman–Crippen MR) is 120 cm³/mol. The highest BCUT2D eigenvalue weighted by Gasteiger charge is 2.11. The lowest BCUT2D eigenvalue weighted by Crippen LogP contribution is -2.38. The second-order valence-corrected chi connectivity index (χ2v) is 6.01. The Morgan fingerprint density at radius 2 is 2.00 bits per heavy atom. The molecular formula is C19H23F2IN6O2. The van der Waals surface area contributed by atoms with E-state index in [1.807, 2.05) is 28.8 Å². The summed E-state index contributed by atoms with van der Waals surface area (Å²) >= 11 is 0. The molecule has 0 atom stereocenters. The first-order valence-corrected chi connectivity index (χ1v) is 8.95. The number of guanidine groups is 1. The summed E-state index contributed by atoms with van der Waals surface area (Å²) in [6, 6.07) is 10.6. The average Bonchev–Trinajstić information content (AvgIpc) is 3.13. The Morgan fingerprint density at radius 3 is 2.73 bits per heavy atom. The minimum Gasteiger partial charge on any atom is -0.493 e. The van der Waals surface area contributed by atoms with Gasteiger partial charge in [-0.1, -0.05) is 12.1 Å². The number of fused-ring (bicyclic) bond motifs is 1. The number of methoxy groups -OCH3 is 1. The quantitative estimate of drug-likeness (QED) is 0.264. The summed E-state index contributed by atoms with van der Waals surface area (Å²) in [5.74, 6) is 1.63. The van der Waals surface area contributed by atoms with Gasteiger partial charge in [0, 0.05) is 19.8 Å². The van der Waals surface area contributed by atoms with Crippen LogP contribution in [0.25, 0.3) is 5.65 Å². The first-order valence-electron chi connectivity index (χ1n) is 8.95. The molecule has 2 aromatic heterocycles. The topological polar surface area (TPSA) is 85.1 Å². The van der Waals surface area contributed by atoms with E-state index in [0.717, 1.165) is 17.0 Å². The third-order valence-corrected chi connectivity index (χ3v) is 4.17. The van der Waals surface area contributed by atoms with E-state index in [2.05, 4.69) is 30.6 Å². The molecule has 0 aliphatic rings. The van der Waals surface area contributed by atoms with Crippen molar-refractivity contribution in [3.05, 3.63) is 54.0 Å². The van der Waals surface area contributed by atoms with Crippen LogP contribution in [-0.2, 0) is 13.0 Å². The Bertz CT molecular complexity index is 983. The van der Waals surface area contributed by atoms with Crippen molar-refractivity contribution in [1.29, 1.82) is 0 Å². The van der Waals surface area contributed by atoms with Crippen molar-refractivity contribution >= 4 is 35.6 Å². The van der Waals surface area contributed by atoms with Crippen LogP contribution >= 0.6 is 24.0 Å². The number of ether oxygens (including phenoxy) is 2. The van der Waals surface area contributed by atoms with Gasteiger partial charge in [-0.2, -0.15) is 8.78 Å². The summed E-state index contributed by atoms with van der Waals surface area (Å²) in [6.45, 7) is -1.92. The fourth-order valence-electron chi connectivity index (χ4n) is 2.78. The van der Waals surface area contributed by atoms with E-state index in [0.29, 0.717) is 25.5 Å². The molecule has 0 spiro atoms. The van der Waals surface area contributed by atoms with Crippen molar-refractivity contribution in [3.8, 4) is 11.5 Å². The highest BCUT2D eigenvalue weighted by molar-refractivity contribution is 14.0. The van der Waals surface area contributed by atoms with Gasteiger partial charge < -0.3 is 20.1 Å². The molecule has 0 aliphatic heterocycles. The van der Waals surface area contributed by atoms with Crippen molar-refractivity contribution in [2.75, 3.05) is 20.7 Å². The number of nitrogens with zero attached hydrogens (tertiary/aromatic N) is 4. The summed E-state index contributed by atoms with van der Waals surface area (Å²) in [5, 5.41) is 14.6. The van der Waals surface area contributed by atoms with Crippen molar-refractivity contribution in [2.24, 2.45) is 4.99 Å². The smallest absolute Gasteiger partial charge is 0.387 e. The molecular weight excluding hydrogens is 509 g/mol. The highest BCUT2D eigenvalue weighted by Crippen LogP contribution is 2.29. The summed E-state index contributed by atoms with van der Waals surface area (Å²) in [4.78, 5) is 4.18. The number of aromatic nitrogens is 3. The fourth-order valence-corrected chi connectivity index (χ4v) is 2.78. The van der Waals surface area contributed by atoms with Crippen LogP contribution in [-0.4, -0.2) is 47.9 Å². The van der Waals surface area contributed by atoms with Crippen LogP contribution in [0.1, 0.15) is 11.4 Å². The Kier molecular flexibility index (Phi) is 9.02. The molecule has 0 saturated heterocycles. The Balaban J connectivity index is 0.00000320. The Labute approximate surface area is 189 Å². The van der Waals surface area contributed by atoms with Gasteiger partial charge in [0.1, 0.15) is 0 Å². The van der Waals surface area contributed by atoms with Crippen molar-refractivity contribution in [1.82, 2.24) is 25.2 Å². The number of pyridine rings is 1. The zero-order chi connectivity index (χ0) is 20.6. The molecule has 0 radical (unpaired) electrons. The maximum atomic E-state index is 12.5. The van der Waals surface area contributed by atoms with Gasteiger partial charge in [-0.25, -0.2) is 0 Å². The van der Waals surface area contributed by atoms with E-state index in [9.17, 15) is 8.78 Å². The van der Waals surface area contributed by atoms with Crippen LogP contribution in [0.15, 0.2) is 47.6 Å². The molecule has 11 heteroatoms. The fraction of sp³-hybridized carbons (Fsp3) is 0.316. The average molecular weight is 532 g/mol. The number of halogens is 3. The number of alkyl halides is 2. The van der Waals surface area contributed by atoms with Crippen LogP contribution < -0.4 is 20.1 Å². The normalized spacial score (nSPS) is 11.3. The lowest BCUT2D eigenvalue weighted by molar-refractivity contribution is -0.0512. The SMILES string of the molecule is CN=C(NCCc1ccc(OC)c(OC(F)F)c1)NCc1nnc2ccccn12.I. The van der Waals surface area contributed by atoms with Crippen LogP contribution in [0, 0.1) is 0 Å². The van der Waals surface area contributed by atoms with E-state index in [1.54, 1.807) is 25.2 Å². The van der Waals surface area contributed by atoms with E-state index in [4.69, 9.17) is 4.74 Å². The molecule has 1 aromatic carbocycles. The minimum atomic E-state index is -2.91. The van der Waals surface area contributed by atoms with E-state index < -0.39 is 6.61 Å². The predicted octanol–water partition coefficient (Wildman–Crippen LogP) is 2.87. The first kappa shape index (κ1) is 23.6. The van der Waals surface area contributed by atoms with Gasteiger partial charge >= 0.3 is 6.61 Å². The second kappa shape index (κ2) is 11.5. The van der Waals surface area contributed by atoms with Gasteiger partial charge in [0.25, 0.3) is 0 Å². The molecule has 162 valence electrons. The van der Waals surface area contributed by atoms with Gasteiger partial charge in [-0.15, -0.1) is 34.2 Å². The Morgan fingerprint density at radius 1 is 1.17 bits per heavy atom. The maximum absolute atomic E-state index is 12.5. The van der Waals surface area contributed by atoms with Crippen LogP contribution in [0.5, 0.6) is 11.5 Å². The minimum absolute atomic E-state index is 0. The number of benzene rings is 1. The molecule has 0 fully saturated rings. The van der Waals surface area contributed by atoms with E-state index >= 15 is 0 Å². The maximum Gasteiger partial charge on any atom is 0.387 e. The zero-order valence-corrected chi connectivity index (χ0v) is 18.8. The molecule has 3 aromatic rings. The van der Waals surface area contributed by atoms with Crippen LogP contribution in [0.2, 0.25) is 0 Å².